The summed E-state index contributed by atoms with van der Waals surface area (Å²) in [6.07, 6.45) is 0.977. The van der Waals surface area contributed by atoms with Crippen molar-refractivity contribution in [2.45, 2.75) is 38.5 Å². The topological polar surface area (TPSA) is 44.8 Å². The number of hydrogen-bond acceptors (Lipinski definition) is 3. The number of rotatable bonds is 2. The van der Waals surface area contributed by atoms with Crippen LogP contribution in [0.3, 0.4) is 0 Å². The lowest BCUT2D eigenvalue weighted by Crippen LogP contribution is -2.51. The molecule has 1 atom stereocenters. The Morgan fingerprint density at radius 3 is 3.09 bits per heavy atom. The van der Waals surface area contributed by atoms with Crippen molar-refractivity contribution >= 4 is 6.03 Å². The average Bonchev–Trinajstić information content (AvgIpc) is 2.97. The van der Waals surface area contributed by atoms with E-state index in [4.69, 9.17) is 4.74 Å². The Hall–Kier alpha value is -1.75. The zero-order valence-electron chi connectivity index (χ0n) is 13.3. The third-order valence-corrected chi connectivity index (χ3v) is 4.85. The number of amides is 2. The predicted molar refractivity (Wildman–Crippen MR) is 84.0 cm³/mol. The Morgan fingerprint density at radius 1 is 1.36 bits per heavy atom. The molecule has 0 unspecified atom stereocenters. The molecule has 2 saturated heterocycles. The number of nitrogens with zero attached hydrogens (tertiary/aromatic N) is 2. The number of carbonyl (C=O) groups excluding carboxylic acids is 1. The first-order valence-corrected chi connectivity index (χ1v) is 8.08. The van der Waals surface area contributed by atoms with Crippen LogP contribution in [0, 0.1) is 0 Å². The van der Waals surface area contributed by atoms with E-state index in [0.717, 1.165) is 44.9 Å². The molecule has 3 aliphatic heterocycles. The molecular weight excluding hydrogens is 278 g/mol. The largest absolute Gasteiger partial charge is 0.487 e. The molecule has 5 nitrogen and oxygen atoms in total. The van der Waals surface area contributed by atoms with Gasteiger partial charge in [-0.05, 0) is 31.0 Å². The molecule has 118 valence electrons. The van der Waals surface area contributed by atoms with Crippen LogP contribution in [0.5, 0.6) is 5.75 Å². The molecule has 2 amide bonds. The summed E-state index contributed by atoms with van der Waals surface area (Å²) >= 11 is 0. The van der Waals surface area contributed by atoms with Crippen LogP contribution < -0.4 is 10.1 Å². The van der Waals surface area contributed by atoms with Gasteiger partial charge in [-0.1, -0.05) is 12.1 Å². The first-order chi connectivity index (χ1) is 10.5. The number of ether oxygens (including phenoxy) is 1. The summed E-state index contributed by atoms with van der Waals surface area (Å²) in [6.45, 7) is 8.73. The number of nitrogens with one attached hydrogen (secondary N) is 1. The highest BCUT2D eigenvalue weighted by atomic mass is 16.5. The van der Waals surface area contributed by atoms with Gasteiger partial charge in [-0.25, -0.2) is 4.79 Å². The maximum absolute atomic E-state index is 11.6. The highest BCUT2D eigenvalue weighted by Gasteiger charge is 2.35. The van der Waals surface area contributed by atoms with Crippen LogP contribution in [0.15, 0.2) is 18.2 Å². The summed E-state index contributed by atoms with van der Waals surface area (Å²) in [5, 5.41) is 2.93. The summed E-state index contributed by atoms with van der Waals surface area (Å²) < 4.78 is 5.94. The van der Waals surface area contributed by atoms with Gasteiger partial charge < -0.3 is 15.0 Å². The SMILES string of the molecule is CC1(C)Cc2cc(CN3CCN4C(=O)NC[C@H]4C3)ccc2O1. The van der Waals surface area contributed by atoms with E-state index in [2.05, 4.69) is 42.3 Å². The summed E-state index contributed by atoms with van der Waals surface area (Å²) in [5.74, 6) is 1.03. The molecule has 3 aliphatic rings. The Labute approximate surface area is 131 Å². The Morgan fingerprint density at radius 2 is 2.23 bits per heavy atom. The fourth-order valence-corrected chi connectivity index (χ4v) is 3.83. The van der Waals surface area contributed by atoms with Gasteiger partial charge in [0.15, 0.2) is 0 Å². The van der Waals surface area contributed by atoms with Gasteiger partial charge in [0.2, 0.25) is 0 Å². The van der Waals surface area contributed by atoms with Crippen molar-refractivity contribution in [3.63, 3.8) is 0 Å². The summed E-state index contributed by atoms with van der Waals surface area (Å²) in [5.41, 5.74) is 2.58. The minimum atomic E-state index is -0.0809. The van der Waals surface area contributed by atoms with Crippen LogP contribution in [-0.2, 0) is 13.0 Å². The maximum Gasteiger partial charge on any atom is 0.317 e. The van der Waals surface area contributed by atoms with Crippen LogP contribution in [0.2, 0.25) is 0 Å². The number of carbonyl (C=O) groups is 1. The molecule has 0 bridgehead atoms. The van der Waals surface area contributed by atoms with E-state index in [9.17, 15) is 4.79 Å². The van der Waals surface area contributed by atoms with Crippen LogP contribution in [0.1, 0.15) is 25.0 Å². The number of benzene rings is 1. The zero-order chi connectivity index (χ0) is 15.3. The van der Waals surface area contributed by atoms with Gasteiger partial charge in [-0.3, -0.25) is 4.90 Å². The van der Waals surface area contributed by atoms with Gasteiger partial charge in [0, 0.05) is 39.1 Å². The summed E-state index contributed by atoms with van der Waals surface area (Å²) in [7, 11) is 0. The van der Waals surface area contributed by atoms with Crippen molar-refractivity contribution in [1.82, 2.24) is 15.1 Å². The molecule has 0 aliphatic carbocycles. The van der Waals surface area contributed by atoms with Crippen LogP contribution >= 0.6 is 0 Å². The van der Waals surface area contributed by atoms with Crippen molar-refractivity contribution in [1.29, 1.82) is 0 Å². The molecule has 1 aromatic rings. The van der Waals surface area contributed by atoms with Crippen molar-refractivity contribution in [3.8, 4) is 5.75 Å². The Bertz CT molecular complexity index is 614. The van der Waals surface area contributed by atoms with Gasteiger partial charge in [0.1, 0.15) is 11.4 Å². The first-order valence-electron chi connectivity index (χ1n) is 8.08. The predicted octanol–water partition coefficient (Wildman–Crippen LogP) is 1.61. The number of hydrogen-bond donors (Lipinski definition) is 1. The third kappa shape index (κ3) is 2.43. The van der Waals surface area contributed by atoms with Crippen LogP contribution in [0.4, 0.5) is 4.79 Å². The first kappa shape index (κ1) is 13.9. The van der Waals surface area contributed by atoms with Crippen molar-refractivity contribution < 1.29 is 9.53 Å². The second-order valence-electron chi connectivity index (χ2n) is 7.25. The molecular formula is C17H23N3O2. The molecule has 2 fully saturated rings. The van der Waals surface area contributed by atoms with Crippen molar-refractivity contribution in [3.05, 3.63) is 29.3 Å². The van der Waals surface area contributed by atoms with Gasteiger partial charge >= 0.3 is 6.03 Å². The molecule has 5 heteroatoms. The van der Waals surface area contributed by atoms with Gasteiger partial charge in [0.05, 0.1) is 6.04 Å². The standard InChI is InChI=1S/C17H23N3O2/c1-17(2)8-13-7-12(3-4-15(13)22-17)10-19-5-6-20-14(11-19)9-18-16(20)21/h3-4,7,14H,5-6,8-11H2,1-2H3,(H,18,21)/t14-/m0/s1. The van der Waals surface area contributed by atoms with Crippen molar-refractivity contribution in [2.75, 3.05) is 26.2 Å². The quantitative estimate of drug-likeness (QED) is 0.902. The van der Waals surface area contributed by atoms with Gasteiger partial charge in [-0.2, -0.15) is 0 Å². The lowest BCUT2D eigenvalue weighted by molar-refractivity contribution is 0.116. The van der Waals surface area contributed by atoms with Gasteiger partial charge in [0.25, 0.3) is 0 Å². The smallest absolute Gasteiger partial charge is 0.317 e. The fraction of sp³-hybridized carbons (Fsp3) is 0.588. The summed E-state index contributed by atoms with van der Waals surface area (Å²) in [4.78, 5) is 16.1. The molecule has 0 radical (unpaired) electrons. The van der Waals surface area contributed by atoms with E-state index >= 15 is 0 Å². The van der Waals surface area contributed by atoms with E-state index < -0.39 is 0 Å². The highest BCUT2D eigenvalue weighted by Crippen LogP contribution is 2.35. The van der Waals surface area contributed by atoms with Crippen molar-refractivity contribution in [2.24, 2.45) is 0 Å². The average molecular weight is 301 g/mol. The summed E-state index contributed by atoms with van der Waals surface area (Å²) in [6, 6.07) is 7.00. The molecule has 1 aromatic carbocycles. The second kappa shape index (κ2) is 4.88. The normalized spacial score (nSPS) is 26.4. The molecule has 22 heavy (non-hydrogen) atoms. The third-order valence-electron chi connectivity index (χ3n) is 4.85. The Balaban J connectivity index is 1.44. The highest BCUT2D eigenvalue weighted by molar-refractivity contribution is 5.77. The molecule has 3 heterocycles. The molecule has 0 aromatic heterocycles. The van der Waals surface area contributed by atoms with Crippen LogP contribution in [-0.4, -0.2) is 53.7 Å². The number of urea groups is 1. The minimum absolute atomic E-state index is 0.0809. The fourth-order valence-electron chi connectivity index (χ4n) is 3.83. The van der Waals surface area contributed by atoms with E-state index in [1.807, 2.05) is 4.90 Å². The second-order valence-corrected chi connectivity index (χ2v) is 7.25. The number of piperazine rings is 1. The van der Waals surface area contributed by atoms with Crippen LogP contribution in [0.25, 0.3) is 0 Å². The van der Waals surface area contributed by atoms with E-state index in [0.29, 0.717) is 6.04 Å². The van der Waals surface area contributed by atoms with E-state index in [-0.39, 0.29) is 11.6 Å². The van der Waals surface area contributed by atoms with E-state index in [1.54, 1.807) is 0 Å². The molecule has 4 rings (SSSR count). The molecule has 0 saturated carbocycles. The number of fused-ring (bicyclic) bond motifs is 2. The Kier molecular flexibility index (Phi) is 3.08. The lowest BCUT2D eigenvalue weighted by atomic mass is 10.00. The monoisotopic (exact) mass is 301 g/mol. The molecule has 1 N–H and O–H groups in total. The zero-order valence-corrected chi connectivity index (χ0v) is 13.3. The van der Waals surface area contributed by atoms with E-state index in [1.165, 1.54) is 11.1 Å². The maximum atomic E-state index is 11.6. The minimum Gasteiger partial charge on any atom is -0.487 e. The van der Waals surface area contributed by atoms with Gasteiger partial charge in [-0.15, -0.1) is 0 Å². The molecule has 0 spiro atoms. The lowest BCUT2D eigenvalue weighted by Gasteiger charge is -2.36.